The first kappa shape index (κ1) is 13.5. The predicted octanol–water partition coefficient (Wildman–Crippen LogP) is 1.84. The topological polar surface area (TPSA) is 58.2 Å². The van der Waals surface area contributed by atoms with E-state index < -0.39 is 6.43 Å². The average molecular weight is 285 g/mol. The second kappa shape index (κ2) is 5.12. The predicted molar refractivity (Wildman–Crippen MR) is 66.5 cm³/mol. The zero-order chi connectivity index (χ0) is 14.3. The summed E-state index contributed by atoms with van der Waals surface area (Å²) in [6, 6.07) is 1.14. The summed E-state index contributed by atoms with van der Waals surface area (Å²) in [7, 11) is 1.70. The molecule has 1 unspecified atom stereocenters. The molecular formula is C13H17F2N3O2. The van der Waals surface area contributed by atoms with E-state index in [2.05, 4.69) is 10.2 Å². The highest BCUT2D eigenvalue weighted by atomic mass is 19.3. The van der Waals surface area contributed by atoms with Gasteiger partial charge in [0, 0.05) is 32.0 Å². The molecule has 2 fully saturated rings. The first-order valence-electron chi connectivity index (χ1n) is 6.75. The monoisotopic (exact) mass is 285 g/mol. The highest BCUT2D eigenvalue weighted by Gasteiger charge is 2.43. The van der Waals surface area contributed by atoms with E-state index in [0.717, 1.165) is 18.9 Å². The molecule has 2 heterocycles. The minimum Gasteiger partial charge on any atom is -0.381 e. The van der Waals surface area contributed by atoms with Gasteiger partial charge >= 0.3 is 0 Å². The number of carbonyl (C=O) groups excluding carboxylic acids is 1. The summed E-state index contributed by atoms with van der Waals surface area (Å²) < 4.78 is 30.5. The number of amides is 1. The molecule has 1 saturated heterocycles. The van der Waals surface area contributed by atoms with Crippen molar-refractivity contribution >= 4 is 5.91 Å². The van der Waals surface area contributed by atoms with E-state index >= 15 is 0 Å². The van der Waals surface area contributed by atoms with Gasteiger partial charge in [-0.3, -0.25) is 9.89 Å². The fourth-order valence-electron chi connectivity index (χ4n) is 3.44. The highest BCUT2D eigenvalue weighted by molar-refractivity contribution is 5.92. The molecule has 1 aromatic rings. The first-order valence-corrected chi connectivity index (χ1v) is 6.75. The number of rotatable bonds is 3. The molecule has 1 aliphatic carbocycles. The Morgan fingerprint density at radius 3 is 2.60 bits per heavy atom. The molecule has 2 bridgehead atoms. The van der Waals surface area contributed by atoms with Gasteiger partial charge in [0.1, 0.15) is 5.69 Å². The van der Waals surface area contributed by atoms with Crippen molar-refractivity contribution in [2.45, 2.75) is 25.4 Å². The standard InChI is InChI=1S/C13H17F2N3O2/c1-20-11-7-2-3-8(11)6-18(5-7)13(19)10-4-9(12(14)15)16-17-10/h4,7-8,11-12H,2-3,5-6H2,1H3,(H,16,17)/t7-,8+,11?. The number of fused-ring (bicyclic) bond motifs is 2. The Hall–Kier alpha value is -1.50. The fraction of sp³-hybridized carbons (Fsp3) is 0.692. The summed E-state index contributed by atoms with van der Waals surface area (Å²) >= 11 is 0. The maximum atomic E-state index is 12.5. The van der Waals surface area contributed by atoms with Crippen LogP contribution in [0, 0.1) is 11.8 Å². The van der Waals surface area contributed by atoms with Gasteiger partial charge in [0.2, 0.25) is 0 Å². The van der Waals surface area contributed by atoms with Crippen LogP contribution in [0.25, 0.3) is 0 Å². The number of hydrogen-bond acceptors (Lipinski definition) is 3. The third kappa shape index (κ3) is 2.19. The van der Waals surface area contributed by atoms with Crippen molar-refractivity contribution in [3.63, 3.8) is 0 Å². The third-order valence-electron chi connectivity index (χ3n) is 4.36. The number of hydrogen-bond donors (Lipinski definition) is 1. The molecule has 1 saturated carbocycles. The molecule has 20 heavy (non-hydrogen) atoms. The van der Waals surface area contributed by atoms with Crippen molar-refractivity contribution in [2.75, 3.05) is 20.2 Å². The number of nitrogens with zero attached hydrogens (tertiary/aromatic N) is 2. The quantitative estimate of drug-likeness (QED) is 0.922. The Morgan fingerprint density at radius 2 is 2.10 bits per heavy atom. The molecule has 2 aliphatic rings. The second-order valence-corrected chi connectivity index (χ2v) is 5.52. The third-order valence-corrected chi connectivity index (χ3v) is 4.36. The molecule has 5 nitrogen and oxygen atoms in total. The van der Waals surface area contributed by atoms with E-state index in [1.807, 2.05) is 0 Å². The summed E-state index contributed by atoms with van der Waals surface area (Å²) in [5, 5.41) is 5.91. The Kier molecular flexibility index (Phi) is 3.45. The van der Waals surface area contributed by atoms with Crippen LogP contribution in [-0.4, -0.2) is 47.3 Å². The van der Waals surface area contributed by atoms with Crippen molar-refractivity contribution in [3.8, 4) is 0 Å². The van der Waals surface area contributed by atoms with Gasteiger partial charge in [0.05, 0.1) is 6.10 Å². The number of alkyl halides is 2. The molecular weight excluding hydrogens is 268 g/mol. The molecule has 0 radical (unpaired) electrons. The molecule has 3 atom stereocenters. The zero-order valence-corrected chi connectivity index (χ0v) is 11.2. The van der Waals surface area contributed by atoms with Crippen LogP contribution in [0.4, 0.5) is 8.78 Å². The van der Waals surface area contributed by atoms with Crippen LogP contribution in [0.1, 0.15) is 35.4 Å². The highest BCUT2D eigenvalue weighted by Crippen LogP contribution is 2.38. The number of methoxy groups -OCH3 is 1. The molecule has 7 heteroatoms. The molecule has 1 amide bonds. The first-order chi connectivity index (χ1) is 9.60. The minimum atomic E-state index is -2.64. The molecule has 1 aliphatic heterocycles. The number of ether oxygens (including phenoxy) is 1. The normalized spacial score (nSPS) is 29.2. The lowest BCUT2D eigenvalue weighted by atomic mass is 9.94. The van der Waals surface area contributed by atoms with E-state index in [9.17, 15) is 13.6 Å². The lowest BCUT2D eigenvalue weighted by molar-refractivity contribution is -0.0115. The van der Waals surface area contributed by atoms with Gasteiger partial charge in [-0.2, -0.15) is 5.10 Å². The maximum absolute atomic E-state index is 12.5. The Bertz CT molecular complexity index is 492. The van der Waals surface area contributed by atoms with E-state index in [1.165, 1.54) is 0 Å². The lowest BCUT2D eigenvalue weighted by Gasteiger charge is -2.36. The number of halogens is 2. The molecule has 1 aromatic heterocycles. The number of nitrogens with one attached hydrogen (secondary N) is 1. The Balaban J connectivity index is 1.72. The van der Waals surface area contributed by atoms with Crippen LogP contribution in [0.15, 0.2) is 6.07 Å². The van der Waals surface area contributed by atoms with E-state index in [4.69, 9.17) is 4.74 Å². The van der Waals surface area contributed by atoms with Crippen molar-refractivity contribution in [3.05, 3.63) is 17.5 Å². The SMILES string of the molecule is COC1[C@@H]2CC[C@H]1CN(C(=O)c1cc(C(F)F)[nH]n1)C2. The summed E-state index contributed by atoms with van der Waals surface area (Å²) in [6.45, 7) is 1.23. The zero-order valence-electron chi connectivity index (χ0n) is 11.2. The number of H-pyrrole nitrogens is 1. The molecule has 3 rings (SSSR count). The van der Waals surface area contributed by atoms with Crippen LogP contribution in [-0.2, 0) is 4.74 Å². The van der Waals surface area contributed by atoms with Gasteiger partial charge in [0.15, 0.2) is 5.69 Å². The van der Waals surface area contributed by atoms with E-state index in [1.54, 1.807) is 12.0 Å². The van der Waals surface area contributed by atoms with Gasteiger partial charge in [0.25, 0.3) is 12.3 Å². The van der Waals surface area contributed by atoms with Gasteiger partial charge < -0.3 is 9.64 Å². The van der Waals surface area contributed by atoms with Crippen LogP contribution >= 0.6 is 0 Å². The van der Waals surface area contributed by atoms with Crippen molar-refractivity contribution < 1.29 is 18.3 Å². The number of likely N-dealkylation sites (tertiary alicyclic amines) is 1. The van der Waals surface area contributed by atoms with Crippen molar-refractivity contribution in [1.82, 2.24) is 15.1 Å². The lowest BCUT2D eigenvalue weighted by Crippen LogP contribution is -2.48. The minimum absolute atomic E-state index is 0.0653. The second-order valence-electron chi connectivity index (χ2n) is 5.52. The number of carbonyl (C=O) groups is 1. The Morgan fingerprint density at radius 1 is 1.45 bits per heavy atom. The summed E-state index contributed by atoms with van der Waals surface area (Å²) in [4.78, 5) is 14.0. The van der Waals surface area contributed by atoms with Crippen LogP contribution in [0.5, 0.6) is 0 Å². The maximum Gasteiger partial charge on any atom is 0.279 e. The Labute approximate surface area is 115 Å². The van der Waals surface area contributed by atoms with Crippen molar-refractivity contribution in [1.29, 1.82) is 0 Å². The average Bonchev–Trinajstić information content (AvgIpc) is 3.01. The van der Waals surface area contributed by atoms with Gasteiger partial charge in [-0.1, -0.05) is 0 Å². The molecule has 110 valence electrons. The van der Waals surface area contributed by atoms with Gasteiger partial charge in [-0.05, 0) is 18.9 Å². The van der Waals surface area contributed by atoms with Crippen LogP contribution in [0.3, 0.4) is 0 Å². The number of aromatic nitrogens is 2. The van der Waals surface area contributed by atoms with Crippen molar-refractivity contribution in [2.24, 2.45) is 11.8 Å². The summed E-state index contributed by atoms with van der Waals surface area (Å²) in [5.41, 5.74) is -0.251. The number of piperidine rings is 1. The van der Waals surface area contributed by atoms with E-state index in [0.29, 0.717) is 24.9 Å². The molecule has 0 spiro atoms. The summed E-state index contributed by atoms with van der Waals surface area (Å²) in [6.07, 6.45) is -0.319. The molecule has 1 N–H and O–H groups in total. The van der Waals surface area contributed by atoms with E-state index in [-0.39, 0.29) is 23.4 Å². The van der Waals surface area contributed by atoms with Gasteiger partial charge in [-0.25, -0.2) is 8.78 Å². The largest absolute Gasteiger partial charge is 0.381 e. The van der Waals surface area contributed by atoms with Crippen LogP contribution in [0.2, 0.25) is 0 Å². The van der Waals surface area contributed by atoms with Gasteiger partial charge in [-0.15, -0.1) is 0 Å². The fourth-order valence-corrected chi connectivity index (χ4v) is 3.44. The molecule has 0 aromatic carbocycles. The number of aromatic amines is 1. The van der Waals surface area contributed by atoms with Crippen LogP contribution < -0.4 is 0 Å². The smallest absolute Gasteiger partial charge is 0.279 e. The summed E-state index contributed by atoms with van der Waals surface area (Å²) in [5.74, 6) is 0.409.